The lowest BCUT2D eigenvalue weighted by molar-refractivity contribution is 0.112. The Morgan fingerprint density at radius 3 is 2.47 bits per heavy atom. The molecule has 0 aliphatic heterocycles. The summed E-state index contributed by atoms with van der Waals surface area (Å²) in [5.41, 5.74) is 1.65. The Kier molecular flexibility index (Phi) is 4.16. The fourth-order valence-electron chi connectivity index (χ4n) is 1.46. The molecule has 1 aromatic carbocycles. The summed E-state index contributed by atoms with van der Waals surface area (Å²) in [6.45, 7) is 4.45. The van der Waals surface area contributed by atoms with Crippen molar-refractivity contribution >= 4 is 6.29 Å². The fraction of sp³-hybridized carbons (Fsp3) is 0.417. The minimum Gasteiger partial charge on any atom is -0.493 e. The van der Waals surface area contributed by atoms with Crippen LogP contribution in [0.15, 0.2) is 12.1 Å². The molecule has 0 aliphatic carbocycles. The van der Waals surface area contributed by atoms with Crippen molar-refractivity contribution in [1.82, 2.24) is 0 Å². The summed E-state index contributed by atoms with van der Waals surface area (Å²) in [5.74, 6) is 1.30. The first kappa shape index (κ1) is 11.6. The number of ether oxygens (including phenoxy) is 2. The molecule has 0 aromatic heterocycles. The van der Waals surface area contributed by atoms with E-state index in [0.29, 0.717) is 23.7 Å². The van der Waals surface area contributed by atoms with Gasteiger partial charge in [-0.25, -0.2) is 0 Å². The lowest BCUT2D eigenvalue weighted by atomic mass is 10.1. The number of rotatable bonds is 5. The van der Waals surface area contributed by atoms with E-state index in [1.807, 2.05) is 19.9 Å². The van der Waals surface area contributed by atoms with Gasteiger partial charge in [0.2, 0.25) is 0 Å². The molecule has 0 atom stereocenters. The molecule has 0 radical (unpaired) electrons. The van der Waals surface area contributed by atoms with E-state index in [9.17, 15) is 4.79 Å². The van der Waals surface area contributed by atoms with E-state index < -0.39 is 0 Å². The predicted octanol–water partition coefficient (Wildman–Crippen LogP) is 2.47. The largest absolute Gasteiger partial charge is 0.493 e. The maximum Gasteiger partial charge on any atom is 0.161 e. The van der Waals surface area contributed by atoms with Crippen LogP contribution in [0.2, 0.25) is 0 Å². The molecule has 0 bridgehead atoms. The van der Waals surface area contributed by atoms with Crippen LogP contribution in [0, 0.1) is 0 Å². The smallest absolute Gasteiger partial charge is 0.161 e. The van der Waals surface area contributed by atoms with Crippen LogP contribution in [-0.2, 0) is 6.42 Å². The van der Waals surface area contributed by atoms with Gasteiger partial charge in [0.05, 0.1) is 13.7 Å². The van der Waals surface area contributed by atoms with Gasteiger partial charge in [-0.15, -0.1) is 0 Å². The molecule has 1 aromatic rings. The average molecular weight is 208 g/mol. The maximum atomic E-state index is 10.8. The van der Waals surface area contributed by atoms with Crippen LogP contribution >= 0.6 is 0 Å². The van der Waals surface area contributed by atoms with E-state index in [-0.39, 0.29) is 0 Å². The Morgan fingerprint density at radius 2 is 2.00 bits per heavy atom. The third-order valence-corrected chi connectivity index (χ3v) is 2.23. The number of carbonyl (C=O) groups excluding carboxylic acids is 1. The van der Waals surface area contributed by atoms with Gasteiger partial charge in [-0.2, -0.15) is 0 Å². The number of hydrogen-bond acceptors (Lipinski definition) is 3. The van der Waals surface area contributed by atoms with Crippen molar-refractivity contribution in [2.45, 2.75) is 20.3 Å². The van der Waals surface area contributed by atoms with Crippen molar-refractivity contribution in [1.29, 1.82) is 0 Å². The number of carbonyl (C=O) groups is 1. The highest BCUT2D eigenvalue weighted by Gasteiger charge is 2.09. The Hall–Kier alpha value is -1.51. The number of aldehydes is 1. The van der Waals surface area contributed by atoms with Gasteiger partial charge in [-0.1, -0.05) is 6.92 Å². The zero-order chi connectivity index (χ0) is 11.3. The summed E-state index contributed by atoms with van der Waals surface area (Å²) < 4.78 is 10.6. The number of benzene rings is 1. The molecule has 1 rings (SSSR count). The molecular weight excluding hydrogens is 192 g/mol. The van der Waals surface area contributed by atoms with Crippen LogP contribution in [0.4, 0.5) is 0 Å². The van der Waals surface area contributed by atoms with E-state index in [1.165, 1.54) is 0 Å². The number of methoxy groups -OCH3 is 1. The molecule has 0 spiro atoms. The Morgan fingerprint density at radius 1 is 1.27 bits per heavy atom. The molecule has 0 fully saturated rings. The van der Waals surface area contributed by atoms with Gasteiger partial charge in [0.25, 0.3) is 0 Å². The third-order valence-electron chi connectivity index (χ3n) is 2.23. The Bertz CT molecular complexity index is 345. The Balaban J connectivity index is 3.20. The van der Waals surface area contributed by atoms with Crippen LogP contribution in [-0.4, -0.2) is 20.0 Å². The van der Waals surface area contributed by atoms with Gasteiger partial charge in [0.15, 0.2) is 11.5 Å². The van der Waals surface area contributed by atoms with Crippen molar-refractivity contribution in [3.63, 3.8) is 0 Å². The summed E-state index contributed by atoms with van der Waals surface area (Å²) in [6.07, 6.45) is 1.65. The first-order chi connectivity index (χ1) is 7.26. The van der Waals surface area contributed by atoms with E-state index in [2.05, 4.69) is 0 Å². The molecule has 15 heavy (non-hydrogen) atoms. The van der Waals surface area contributed by atoms with Crippen LogP contribution < -0.4 is 9.47 Å². The topological polar surface area (TPSA) is 35.5 Å². The molecule has 0 saturated heterocycles. The van der Waals surface area contributed by atoms with Crippen molar-refractivity contribution in [3.8, 4) is 11.5 Å². The average Bonchev–Trinajstić information content (AvgIpc) is 2.28. The zero-order valence-corrected chi connectivity index (χ0v) is 9.37. The lowest BCUT2D eigenvalue weighted by Crippen LogP contribution is -1.99. The first-order valence-corrected chi connectivity index (χ1v) is 5.05. The van der Waals surface area contributed by atoms with Gasteiger partial charge in [0.1, 0.15) is 6.29 Å². The van der Waals surface area contributed by atoms with Gasteiger partial charge >= 0.3 is 0 Å². The molecule has 82 valence electrons. The molecule has 3 nitrogen and oxygen atoms in total. The summed E-state index contributed by atoms with van der Waals surface area (Å²) >= 11 is 0. The lowest BCUT2D eigenvalue weighted by Gasteiger charge is -2.12. The SMILES string of the molecule is CCOc1cc(C=O)c(CC)cc1OC. The summed E-state index contributed by atoms with van der Waals surface area (Å²) in [4.78, 5) is 10.8. The highest BCUT2D eigenvalue weighted by atomic mass is 16.5. The van der Waals surface area contributed by atoms with Gasteiger partial charge < -0.3 is 9.47 Å². The molecular formula is C12H16O3. The highest BCUT2D eigenvalue weighted by Crippen LogP contribution is 2.30. The molecule has 0 amide bonds. The predicted molar refractivity (Wildman–Crippen MR) is 58.9 cm³/mol. The van der Waals surface area contributed by atoms with E-state index >= 15 is 0 Å². The molecule has 0 aliphatic rings. The van der Waals surface area contributed by atoms with Crippen LogP contribution in [0.1, 0.15) is 29.8 Å². The normalized spacial score (nSPS) is 9.80. The second-order valence-electron chi connectivity index (χ2n) is 3.11. The van der Waals surface area contributed by atoms with Gasteiger partial charge in [-0.3, -0.25) is 4.79 Å². The number of hydrogen-bond donors (Lipinski definition) is 0. The van der Waals surface area contributed by atoms with E-state index in [1.54, 1.807) is 13.2 Å². The van der Waals surface area contributed by atoms with Crippen LogP contribution in [0.25, 0.3) is 0 Å². The fourth-order valence-corrected chi connectivity index (χ4v) is 1.46. The van der Waals surface area contributed by atoms with Gasteiger partial charge in [0, 0.05) is 5.56 Å². The number of aryl methyl sites for hydroxylation is 1. The molecule has 0 heterocycles. The maximum absolute atomic E-state index is 10.8. The quantitative estimate of drug-likeness (QED) is 0.697. The summed E-state index contributed by atoms with van der Waals surface area (Å²) in [7, 11) is 1.60. The minimum atomic E-state index is 0.556. The van der Waals surface area contributed by atoms with Crippen molar-refractivity contribution < 1.29 is 14.3 Å². The standard InChI is InChI=1S/C12H16O3/c1-4-9-6-11(14-3)12(15-5-2)7-10(9)8-13/h6-8H,4-5H2,1-3H3. The minimum absolute atomic E-state index is 0.556. The monoisotopic (exact) mass is 208 g/mol. The molecule has 0 unspecified atom stereocenters. The van der Waals surface area contributed by atoms with E-state index in [4.69, 9.17) is 9.47 Å². The van der Waals surface area contributed by atoms with Gasteiger partial charge in [-0.05, 0) is 31.0 Å². The molecule has 0 saturated carbocycles. The first-order valence-electron chi connectivity index (χ1n) is 5.05. The second-order valence-corrected chi connectivity index (χ2v) is 3.11. The van der Waals surface area contributed by atoms with Crippen LogP contribution in [0.5, 0.6) is 11.5 Å². The second kappa shape index (κ2) is 5.39. The van der Waals surface area contributed by atoms with E-state index in [0.717, 1.165) is 18.3 Å². The summed E-state index contributed by atoms with van der Waals surface area (Å²) in [6, 6.07) is 3.59. The van der Waals surface area contributed by atoms with Crippen LogP contribution in [0.3, 0.4) is 0 Å². The third kappa shape index (κ3) is 2.49. The Labute approximate surface area is 90.0 Å². The molecule has 0 N–H and O–H groups in total. The molecule has 3 heteroatoms. The van der Waals surface area contributed by atoms with Crippen molar-refractivity contribution in [3.05, 3.63) is 23.3 Å². The van der Waals surface area contributed by atoms with Crippen molar-refractivity contribution in [2.24, 2.45) is 0 Å². The summed E-state index contributed by atoms with van der Waals surface area (Å²) in [5, 5.41) is 0. The zero-order valence-electron chi connectivity index (χ0n) is 9.37. The highest BCUT2D eigenvalue weighted by molar-refractivity contribution is 5.79. The van der Waals surface area contributed by atoms with Crippen molar-refractivity contribution in [2.75, 3.05) is 13.7 Å².